The highest BCUT2D eigenvalue weighted by Gasteiger charge is 2.18. The second kappa shape index (κ2) is 19.3. The van der Waals surface area contributed by atoms with Gasteiger partial charge in [0.25, 0.3) is 10.1 Å². The zero-order chi connectivity index (χ0) is 41.1. The summed E-state index contributed by atoms with van der Waals surface area (Å²) in [5, 5.41) is 1.79. The molecule has 0 heterocycles. The van der Waals surface area contributed by atoms with Crippen molar-refractivity contribution >= 4 is 30.7 Å². The molecule has 0 spiro atoms. The van der Waals surface area contributed by atoms with E-state index in [2.05, 4.69) is 11.8 Å². The molecule has 0 saturated heterocycles. The Kier molecular flexibility index (Phi) is 14.1. The van der Waals surface area contributed by atoms with Crippen molar-refractivity contribution in [2.45, 2.75) is 30.2 Å². The lowest BCUT2D eigenvalue weighted by molar-refractivity contribution is 0.0766. The van der Waals surface area contributed by atoms with Gasteiger partial charge < -0.3 is 23.7 Å². The smallest absolute Gasteiger partial charge is 0.298 e. The van der Waals surface area contributed by atoms with Gasteiger partial charge in [0.05, 0.1) is 18.1 Å². The van der Waals surface area contributed by atoms with Crippen LogP contribution in [0.4, 0.5) is 0 Å². The number of ether oxygens (including phenoxy) is 5. The number of hydrogen-bond donors (Lipinski definition) is 1. The first-order chi connectivity index (χ1) is 27.9. The first-order valence-corrected chi connectivity index (χ1v) is 22.2. The fourth-order valence-electron chi connectivity index (χ4n) is 6.22. The molecule has 11 nitrogen and oxygen atoms in total. The van der Waals surface area contributed by atoms with E-state index in [0.717, 1.165) is 45.3 Å². The maximum atomic E-state index is 12.2. The Labute approximate surface area is 340 Å². The van der Waals surface area contributed by atoms with Crippen molar-refractivity contribution in [3.05, 3.63) is 139 Å². The first kappa shape index (κ1) is 42.2. The number of sulfone groups is 1. The lowest BCUT2D eigenvalue weighted by Crippen LogP contribution is -2.31. The molecule has 304 valence electrons. The largest absolute Gasteiger partial charge is 0.492 e. The molecule has 1 N–H and O–H groups in total. The molecule has 6 rings (SSSR count). The lowest BCUT2D eigenvalue weighted by Gasteiger charge is -2.20. The summed E-state index contributed by atoms with van der Waals surface area (Å²) in [6.07, 6.45) is 1.19. The Morgan fingerprint density at radius 2 is 1.36 bits per heavy atom. The number of nitrogens with zero attached hydrogens (tertiary/aromatic N) is 1. The Morgan fingerprint density at radius 3 is 2.07 bits per heavy atom. The van der Waals surface area contributed by atoms with E-state index in [4.69, 9.17) is 23.7 Å². The predicted molar refractivity (Wildman–Crippen MR) is 225 cm³/mol. The quantitative estimate of drug-likeness (QED) is 0.0585. The summed E-state index contributed by atoms with van der Waals surface area (Å²) in [7, 11) is -7.75. The van der Waals surface area contributed by atoms with E-state index in [1.165, 1.54) is 12.3 Å². The molecule has 0 saturated carbocycles. The van der Waals surface area contributed by atoms with Crippen LogP contribution in [-0.2, 0) is 31.3 Å². The summed E-state index contributed by atoms with van der Waals surface area (Å²) in [4.78, 5) is 2.16. The number of likely N-dealkylation sites (N-methyl/N-ethyl adjacent to an activating group) is 1. The molecule has 6 aromatic rings. The normalized spacial score (nSPS) is 11.8. The molecule has 0 fully saturated rings. The van der Waals surface area contributed by atoms with E-state index >= 15 is 0 Å². The topological polar surface area (TPSA) is 138 Å². The Hall–Kier alpha value is -5.44. The molecule has 0 aliphatic heterocycles. The number of aryl methyl sites for hydroxylation is 1. The van der Waals surface area contributed by atoms with Crippen molar-refractivity contribution in [2.75, 3.05) is 52.3 Å². The SMILES string of the molecule is CCN(CCOCCOc1cc(C)ccc1S(=O)(=O)O)CCOc1ccc(Oc2c(-c3ccc(S(C)(=O)=O)cc3)ccc3cc(OCc4ccccc4)ccc23)cc1. The highest BCUT2D eigenvalue weighted by Crippen LogP contribution is 2.41. The van der Waals surface area contributed by atoms with Gasteiger partial charge in [0.1, 0.15) is 53.5 Å². The van der Waals surface area contributed by atoms with Crippen molar-refractivity contribution in [1.29, 1.82) is 0 Å². The average molecular weight is 826 g/mol. The van der Waals surface area contributed by atoms with Gasteiger partial charge in [-0.05, 0) is 108 Å². The van der Waals surface area contributed by atoms with Crippen LogP contribution < -0.4 is 18.9 Å². The van der Waals surface area contributed by atoms with Crippen molar-refractivity contribution in [2.24, 2.45) is 0 Å². The monoisotopic (exact) mass is 825 g/mol. The maximum Gasteiger partial charge on any atom is 0.298 e. The summed E-state index contributed by atoms with van der Waals surface area (Å²) >= 11 is 0. The van der Waals surface area contributed by atoms with Crippen molar-refractivity contribution < 1.29 is 45.1 Å². The zero-order valence-electron chi connectivity index (χ0n) is 32.7. The third-order valence-electron chi connectivity index (χ3n) is 9.36. The number of hydrogen-bond acceptors (Lipinski definition) is 10. The highest BCUT2D eigenvalue weighted by atomic mass is 32.2. The van der Waals surface area contributed by atoms with Crippen molar-refractivity contribution in [3.8, 4) is 39.9 Å². The molecule has 0 aliphatic carbocycles. The maximum absolute atomic E-state index is 12.2. The van der Waals surface area contributed by atoms with Crippen LogP contribution in [0.1, 0.15) is 18.1 Å². The fraction of sp³-hybridized carbons (Fsp3) is 0.244. The molecule has 0 bridgehead atoms. The molecule has 0 unspecified atom stereocenters. The van der Waals surface area contributed by atoms with Crippen LogP contribution in [0.3, 0.4) is 0 Å². The van der Waals surface area contributed by atoms with E-state index in [0.29, 0.717) is 50.2 Å². The summed E-state index contributed by atoms with van der Waals surface area (Å²) in [5.41, 5.74) is 3.49. The molecule has 13 heteroatoms. The van der Waals surface area contributed by atoms with E-state index < -0.39 is 20.0 Å². The summed E-state index contributed by atoms with van der Waals surface area (Å²) in [5.74, 6) is 2.73. The number of fused-ring (bicyclic) bond motifs is 1. The van der Waals surface area contributed by atoms with Gasteiger partial charge in [0.15, 0.2) is 9.84 Å². The molecule has 58 heavy (non-hydrogen) atoms. The van der Waals surface area contributed by atoms with Gasteiger partial charge in [-0.25, -0.2) is 8.42 Å². The van der Waals surface area contributed by atoms with E-state index in [1.807, 2.05) is 84.9 Å². The van der Waals surface area contributed by atoms with Crippen LogP contribution in [0.25, 0.3) is 21.9 Å². The third kappa shape index (κ3) is 11.6. The average Bonchev–Trinajstić information content (AvgIpc) is 3.21. The van der Waals surface area contributed by atoms with E-state index in [9.17, 15) is 21.4 Å². The molecule has 0 amide bonds. The van der Waals surface area contributed by atoms with Crippen LogP contribution in [-0.4, -0.2) is 78.6 Å². The Morgan fingerprint density at radius 1 is 0.655 bits per heavy atom. The minimum Gasteiger partial charge on any atom is -0.492 e. The first-order valence-electron chi connectivity index (χ1n) is 18.8. The molecule has 6 aromatic carbocycles. The van der Waals surface area contributed by atoms with Crippen LogP contribution in [0.2, 0.25) is 0 Å². The second-order valence-corrected chi connectivity index (χ2v) is 17.0. The van der Waals surface area contributed by atoms with Crippen LogP contribution in [0.15, 0.2) is 137 Å². The van der Waals surface area contributed by atoms with Gasteiger partial charge in [0.2, 0.25) is 0 Å². The van der Waals surface area contributed by atoms with Crippen LogP contribution >= 0.6 is 0 Å². The lowest BCUT2D eigenvalue weighted by atomic mass is 9.99. The Bertz CT molecular complexity index is 2510. The van der Waals surface area contributed by atoms with Gasteiger partial charge in [0, 0.05) is 30.3 Å². The minimum absolute atomic E-state index is 0.0922. The summed E-state index contributed by atoms with van der Waals surface area (Å²) < 4.78 is 87.2. The molecule has 0 atom stereocenters. The molecule has 0 aromatic heterocycles. The van der Waals surface area contributed by atoms with E-state index in [1.54, 1.807) is 43.3 Å². The molecule has 0 radical (unpaired) electrons. The zero-order valence-corrected chi connectivity index (χ0v) is 34.3. The van der Waals surface area contributed by atoms with Gasteiger partial charge in [-0.2, -0.15) is 8.42 Å². The standard InChI is InChI=1S/C45H47NO10S2/c1-4-46(24-26-52-28-29-54-43-30-33(2)10-23-44(43)58(49,50)51)25-27-53-37-14-16-38(17-15-37)56-45-41(35-11-19-40(20-12-35)57(3,47)48)21-13-36-31-39(18-22-42(36)45)55-32-34-8-6-5-7-9-34/h5-23,30-31H,4,24-29,32H2,1-3H3,(H,49,50,51). The summed E-state index contributed by atoms with van der Waals surface area (Å²) in [6.45, 7) is 7.72. The molecular formula is C45H47NO10S2. The van der Waals surface area contributed by atoms with Crippen LogP contribution in [0, 0.1) is 6.92 Å². The molecule has 0 aliphatic rings. The second-order valence-electron chi connectivity index (χ2n) is 13.6. The Balaban J connectivity index is 1.05. The number of rotatable bonds is 20. The van der Waals surface area contributed by atoms with Crippen molar-refractivity contribution in [3.63, 3.8) is 0 Å². The predicted octanol–water partition coefficient (Wildman–Crippen LogP) is 8.63. The fourth-order valence-corrected chi connectivity index (χ4v) is 7.46. The summed E-state index contributed by atoms with van der Waals surface area (Å²) in [6, 6.07) is 38.5. The van der Waals surface area contributed by atoms with Gasteiger partial charge in [-0.3, -0.25) is 9.45 Å². The molecular weight excluding hydrogens is 779 g/mol. The third-order valence-corrected chi connectivity index (χ3v) is 11.4. The van der Waals surface area contributed by atoms with Gasteiger partial charge >= 0.3 is 0 Å². The van der Waals surface area contributed by atoms with Crippen molar-refractivity contribution in [1.82, 2.24) is 4.90 Å². The highest BCUT2D eigenvalue weighted by molar-refractivity contribution is 7.90. The van der Waals surface area contributed by atoms with E-state index in [-0.39, 0.29) is 28.8 Å². The van der Waals surface area contributed by atoms with Crippen LogP contribution in [0.5, 0.6) is 28.7 Å². The number of benzene rings is 6. The van der Waals surface area contributed by atoms with Gasteiger partial charge in [-0.1, -0.05) is 61.5 Å². The minimum atomic E-state index is -4.40. The van der Waals surface area contributed by atoms with Gasteiger partial charge in [-0.15, -0.1) is 0 Å².